The summed E-state index contributed by atoms with van der Waals surface area (Å²) in [5.74, 6) is 0.531. The van der Waals surface area contributed by atoms with Crippen LogP contribution in [0.1, 0.15) is 24.1 Å². The van der Waals surface area contributed by atoms with Crippen molar-refractivity contribution in [3.05, 3.63) is 62.3 Å². The molecule has 0 fully saturated rings. The molecular formula is C16H16Br2FNO. The van der Waals surface area contributed by atoms with Crippen molar-refractivity contribution in [1.29, 1.82) is 0 Å². The lowest BCUT2D eigenvalue weighted by atomic mass is 9.98. The van der Waals surface area contributed by atoms with E-state index in [0.717, 1.165) is 32.4 Å². The Morgan fingerprint density at radius 3 is 2.48 bits per heavy atom. The molecule has 0 saturated carbocycles. The first kappa shape index (κ1) is 16.5. The molecule has 0 aliphatic rings. The molecule has 0 radical (unpaired) electrons. The van der Waals surface area contributed by atoms with Crippen molar-refractivity contribution in [2.75, 3.05) is 13.7 Å². The molecule has 1 atom stereocenters. The molecule has 0 aromatic heterocycles. The summed E-state index contributed by atoms with van der Waals surface area (Å²) in [6, 6.07) is 10.7. The minimum atomic E-state index is -0.253. The molecule has 0 heterocycles. The summed E-state index contributed by atoms with van der Waals surface area (Å²) in [5, 5.41) is 3.43. The van der Waals surface area contributed by atoms with Crippen LogP contribution in [0.4, 0.5) is 4.39 Å². The van der Waals surface area contributed by atoms with E-state index in [1.165, 1.54) is 12.1 Å². The van der Waals surface area contributed by atoms with Gasteiger partial charge in [0, 0.05) is 4.47 Å². The maximum atomic E-state index is 13.3. The second-order valence-electron chi connectivity index (χ2n) is 4.55. The molecule has 2 aromatic carbocycles. The van der Waals surface area contributed by atoms with Gasteiger partial charge in [-0.1, -0.05) is 35.0 Å². The molecular weight excluding hydrogens is 401 g/mol. The van der Waals surface area contributed by atoms with Crippen LogP contribution in [-0.4, -0.2) is 13.7 Å². The minimum Gasteiger partial charge on any atom is -0.496 e. The van der Waals surface area contributed by atoms with E-state index in [4.69, 9.17) is 4.74 Å². The summed E-state index contributed by atoms with van der Waals surface area (Å²) in [6.45, 7) is 2.85. The summed E-state index contributed by atoms with van der Waals surface area (Å²) in [5.41, 5.74) is 2.08. The van der Waals surface area contributed by atoms with E-state index in [2.05, 4.69) is 37.2 Å². The Bertz CT molecular complexity index is 634. The maximum Gasteiger partial charge on any atom is 0.133 e. The average Bonchev–Trinajstić information content (AvgIpc) is 2.45. The molecule has 0 aliphatic heterocycles. The van der Waals surface area contributed by atoms with E-state index >= 15 is 0 Å². The Morgan fingerprint density at radius 2 is 1.90 bits per heavy atom. The molecule has 2 nitrogen and oxygen atoms in total. The van der Waals surface area contributed by atoms with Crippen molar-refractivity contribution in [3.8, 4) is 5.75 Å². The van der Waals surface area contributed by atoms with Gasteiger partial charge in [-0.3, -0.25) is 0 Å². The van der Waals surface area contributed by atoms with E-state index in [1.54, 1.807) is 13.2 Å². The van der Waals surface area contributed by atoms with Crippen LogP contribution in [0, 0.1) is 5.82 Å². The number of halogens is 3. The number of rotatable bonds is 5. The lowest BCUT2D eigenvalue weighted by Crippen LogP contribution is -2.22. The predicted octanol–water partition coefficient (Wildman–Crippen LogP) is 5.06. The van der Waals surface area contributed by atoms with Gasteiger partial charge in [0.05, 0.1) is 17.6 Å². The van der Waals surface area contributed by atoms with Crippen LogP contribution < -0.4 is 10.1 Å². The van der Waals surface area contributed by atoms with Gasteiger partial charge >= 0.3 is 0 Å². The Morgan fingerprint density at radius 1 is 1.14 bits per heavy atom. The van der Waals surface area contributed by atoms with Gasteiger partial charge in [-0.2, -0.15) is 0 Å². The zero-order valence-electron chi connectivity index (χ0n) is 11.8. The highest BCUT2D eigenvalue weighted by Crippen LogP contribution is 2.33. The second kappa shape index (κ2) is 7.38. The van der Waals surface area contributed by atoms with Crippen molar-refractivity contribution in [1.82, 2.24) is 5.32 Å². The van der Waals surface area contributed by atoms with Gasteiger partial charge in [-0.05, 0) is 57.9 Å². The standard InChI is InChI=1S/C16H16Br2FNO/c1-3-20-16(12-6-5-11(19)9-13(12)17)10-4-7-15(21-2)14(18)8-10/h4-9,16,20H,3H2,1-2H3. The summed E-state index contributed by atoms with van der Waals surface area (Å²) in [4.78, 5) is 0. The number of nitrogens with one attached hydrogen (secondary N) is 1. The van der Waals surface area contributed by atoms with Crippen molar-refractivity contribution in [2.45, 2.75) is 13.0 Å². The Balaban J connectivity index is 2.45. The zero-order chi connectivity index (χ0) is 15.4. The zero-order valence-corrected chi connectivity index (χ0v) is 15.0. The lowest BCUT2D eigenvalue weighted by Gasteiger charge is -2.21. The first-order valence-electron chi connectivity index (χ1n) is 6.58. The van der Waals surface area contributed by atoms with Crippen molar-refractivity contribution in [2.24, 2.45) is 0 Å². The quantitative estimate of drug-likeness (QED) is 0.735. The first-order chi connectivity index (χ1) is 10.1. The number of hydrogen-bond acceptors (Lipinski definition) is 2. The second-order valence-corrected chi connectivity index (χ2v) is 6.26. The van der Waals surface area contributed by atoms with Gasteiger partial charge < -0.3 is 10.1 Å². The Hall–Kier alpha value is -0.910. The number of methoxy groups -OCH3 is 1. The highest BCUT2D eigenvalue weighted by Gasteiger charge is 2.17. The fourth-order valence-electron chi connectivity index (χ4n) is 2.21. The highest BCUT2D eigenvalue weighted by molar-refractivity contribution is 9.10. The topological polar surface area (TPSA) is 21.3 Å². The van der Waals surface area contributed by atoms with Crippen molar-refractivity contribution in [3.63, 3.8) is 0 Å². The Labute approximate surface area is 141 Å². The largest absolute Gasteiger partial charge is 0.496 e. The predicted molar refractivity (Wildman–Crippen MR) is 90.3 cm³/mol. The number of hydrogen-bond donors (Lipinski definition) is 1. The molecule has 2 aromatic rings. The van der Waals surface area contributed by atoms with Crippen LogP contribution in [-0.2, 0) is 0 Å². The maximum absolute atomic E-state index is 13.3. The van der Waals surface area contributed by atoms with E-state index in [1.807, 2.05) is 25.1 Å². The third-order valence-corrected chi connectivity index (χ3v) is 4.50. The van der Waals surface area contributed by atoms with Crippen LogP contribution in [0.2, 0.25) is 0 Å². The smallest absolute Gasteiger partial charge is 0.133 e. The summed E-state index contributed by atoms with van der Waals surface area (Å²) >= 11 is 6.95. The average molecular weight is 417 g/mol. The van der Waals surface area contributed by atoms with Gasteiger partial charge in [0.2, 0.25) is 0 Å². The van der Waals surface area contributed by atoms with Crippen LogP contribution in [0.15, 0.2) is 45.3 Å². The number of benzene rings is 2. The summed E-state index contributed by atoms with van der Waals surface area (Å²) in [7, 11) is 1.64. The molecule has 5 heteroatoms. The van der Waals surface area contributed by atoms with Gasteiger partial charge in [-0.15, -0.1) is 0 Å². The van der Waals surface area contributed by atoms with Crippen LogP contribution >= 0.6 is 31.9 Å². The molecule has 0 saturated heterocycles. The van der Waals surface area contributed by atoms with Crippen LogP contribution in [0.3, 0.4) is 0 Å². The van der Waals surface area contributed by atoms with Gasteiger partial charge in [-0.25, -0.2) is 4.39 Å². The third-order valence-electron chi connectivity index (χ3n) is 3.19. The summed E-state index contributed by atoms with van der Waals surface area (Å²) < 4.78 is 20.2. The molecule has 2 rings (SSSR count). The number of ether oxygens (including phenoxy) is 1. The SMILES string of the molecule is CCNC(c1ccc(OC)c(Br)c1)c1ccc(F)cc1Br. The van der Waals surface area contributed by atoms with Gasteiger partial charge in [0.1, 0.15) is 11.6 Å². The molecule has 1 N–H and O–H groups in total. The molecule has 0 spiro atoms. The molecule has 0 bridgehead atoms. The molecule has 1 unspecified atom stereocenters. The highest BCUT2D eigenvalue weighted by atomic mass is 79.9. The molecule has 0 amide bonds. The lowest BCUT2D eigenvalue weighted by molar-refractivity contribution is 0.412. The van der Waals surface area contributed by atoms with E-state index in [-0.39, 0.29) is 11.9 Å². The fraction of sp³-hybridized carbons (Fsp3) is 0.250. The monoisotopic (exact) mass is 415 g/mol. The minimum absolute atomic E-state index is 0.0211. The van der Waals surface area contributed by atoms with Gasteiger partial charge in [0.15, 0.2) is 0 Å². The van der Waals surface area contributed by atoms with Crippen LogP contribution in [0.5, 0.6) is 5.75 Å². The summed E-state index contributed by atoms with van der Waals surface area (Å²) in [6.07, 6.45) is 0. The van der Waals surface area contributed by atoms with E-state index in [9.17, 15) is 4.39 Å². The fourth-order valence-corrected chi connectivity index (χ4v) is 3.35. The molecule has 21 heavy (non-hydrogen) atoms. The van der Waals surface area contributed by atoms with Gasteiger partial charge in [0.25, 0.3) is 0 Å². The van der Waals surface area contributed by atoms with Crippen LogP contribution in [0.25, 0.3) is 0 Å². The van der Waals surface area contributed by atoms with E-state index < -0.39 is 0 Å². The molecule has 0 aliphatic carbocycles. The van der Waals surface area contributed by atoms with Crippen molar-refractivity contribution >= 4 is 31.9 Å². The van der Waals surface area contributed by atoms with Crippen molar-refractivity contribution < 1.29 is 9.13 Å². The third kappa shape index (κ3) is 3.84. The normalized spacial score (nSPS) is 12.2. The first-order valence-corrected chi connectivity index (χ1v) is 8.17. The Kier molecular flexibility index (Phi) is 5.79. The van der Waals surface area contributed by atoms with E-state index in [0.29, 0.717) is 0 Å². The molecule has 112 valence electrons.